The van der Waals surface area contributed by atoms with Crippen molar-refractivity contribution in [3.8, 4) is 0 Å². The van der Waals surface area contributed by atoms with Crippen LogP contribution in [0.15, 0.2) is 0 Å². The Hall–Kier alpha value is -0.120. The van der Waals surface area contributed by atoms with Gasteiger partial charge < -0.3 is 14.8 Å². The van der Waals surface area contributed by atoms with Crippen molar-refractivity contribution in [1.82, 2.24) is 5.32 Å². The summed E-state index contributed by atoms with van der Waals surface area (Å²) in [5, 5.41) is 3.45. The normalized spacial score (nSPS) is 30.4. The van der Waals surface area contributed by atoms with E-state index in [-0.39, 0.29) is 0 Å². The van der Waals surface area contributed by atoms with Crippen LogP contribution in [0.5, 0.6) is 0 Å². The highest BCUT2D eigenvalue weighted by Crippen LogP contribution is 2.28. The third-order valence-corrected chi connectivity index (χ3v) is 3.62. The third-order valence-electron chi connectivity index (χ3n) is 3.62. The zero-order chi connectivity index (χ0) is 11.3. The lowest BCUT2D eigenvalue weighted by Gasteiger charge is -2.30. The first-order valence-corrected chi connectivity index (χ1v) is 5.98. The van der Waals surface area contributed by atoms with Crippen LogP contribution < -0.4 is 5.32 Å². The maximum Gasteiger partial charge on any atom is 0.0590 e. The van der Waals surface area contributed by atoms with E-state index in [0.717, 1.165) is 19.6 Å². The van der Waals surface area contributed by atoms with E-state index in [2.05, 4.69) is 26.2 Å². The molecule has 90 valence electrons. The molecule has 1 aliphatic heterocycles. The Morgan fingerprint density at radius 2 is 2.27 bits per heavy atom. The van der Waals surface area contributed by atoms with Crippen molar-refractivity contribution in [3.05, 3.63) is 0 Å². The zero-order valence-electron chi connectivity index (χ0n) is 10.5. The molecule has 0 aliphatic carbocycles. The minimum Gasteiger partial charge on any atom is -0.385 e. The van der Waals surface area contributed by atoms with Crippen LogP contribution in [0, 0.1) is 11.8 Å². The second-order valence-electron chi connectivity index (χ2n) is 4.60. The van der Waals surface area contributed by atoms with Gasteiger partial charge in [-0.05, 0) is 32.7 Å². The molecule has 0 radical (unpaired) electrons. The number of methoxy groups -OCH3 is 1. The Labute approximate surface area is 93.5 Å². The molecule has 0 bridgehead atoms. The predicted molar refractivity (Wildman–Crippen MR) is 62.0 cm³/mol. The van der Waals surface area contributed by atoms with Gasteiger partial charge in [0.15, 0.2) is 0 Å². The minimum absolute atomic E-state index is 0.396. The van der Waals surface area contributed by atoms with Crippen LogP contribution in [0.2, 0.25) is 0 Å². The van der Waals surface area contributed by atoms with E-state index in [1.807, 2.05) is 0 Å². The highest BCUT2D eigenvalue weighted by atomic mass is 16.5. The molecule has 3 nitrogen and oxygen atoms in total. The summed E-state index contributed by atoms with van der Waals surface area (Å²) >= 11 is 0. The first kappa shape index (κ1) is 12.9. The van der Waals surface area contributed by atoms with E-state index in [1.165, 1.54) is 6.42 Å². The molecule has 1 rings (SSSR count). The second-order valence-corrected chi connectivity index (χ2v) is 4.60. The van der Waals surface area contributed by atoms with Crippen molar-refractivity contribution in [1.29, 1.82) is 0 Å². The van der Waals surface area contributed by atoms with Gasteiger partial charge in [-0.2, -0.15) is 0 Å². The van der Waals surface area contributed by atoms with Crippen LogP contribution in [0.1, 0.15) is 26.7 Å². The minimum atomic E-state index is 0.396. The molecular weight excluding hydrogens is 190 g/mol. The van der Waals surface area contributed by atoms with E-state index in [0.29, 0.717) is 24.0 Å². The zero-order valence-corrected chi connectivity index (χ0v) is 10.5. The molecule has 1 fully saturated rings. The fraction of sp³-hybridized carbons (Fsp3) is 1.00. The summed E-state index contributed by atoms with van der Waals surface area (Å²) in [5.41, 5.74) is 0. The summed E-state index contributed by atoms with van der Waals surface area (Å²) in [6, 6.07) is 0.553. The molecular formula is C12H25NO2. The van der Waals surface area contributed by atoms with E-state index in [4.69, 9.17) is 9.47 Å². The summed E-state index contributed by atoms with van der Waals surface area (Å²) in [6.45, 7) is 6.25. The van der Waals surface area contributed by atoms with Gasteiger partial charge >= 0.3 is 0 Å². The molecule has 3 heteroatoms. The van der Waals surface area contributed by atoms with Gasteiger partial charge in [0.1, 0.15) is 0 Å². The highest BCUT2D eigenvalue weighted by molar-refractivity contribution is 4.86. The number of rotatable bonds is 6. The average Bonchev–Trinajstić information content (AvgIpc) is 2.63. The predicted octanol–water partition coefficient (Wildman–Crippen LogP) is 1.67. The fourth-order valence-corrected chi connectivity index (χ4v) is 2.62. The standard InChI is InChI=1S/C12H25NO2/c1-9(5-7-14-4)12(13-3)11-6-8-15-10(11)2/h9-13H,5-8H2,1-4H3. The van der Waals surface area contributed by atoms with Crippen LogP contribution in [-0.4, -0.2) is 39.5 Å². The largest absolute Gasteiger partial charge is 0.385 e. The van der Waals surface area contributed by atoms with E-state index in [1.54, 1.807) is 7.11 Å². The molecule has 1 N–H and O–H groups in total. The van der Waals surface area contributed by atoms with Crippen molar-refractivity contribution < 1.29 is 9.47 Å². The Bertz CT molecular complexity index is 175. The molecule has 0 aromatic rings. The number of ether oxygens (including phenoxy) is 2. The van der Waals surface area contributed by atoms with Crippen LogP contribution >= 0.6 is 0 Å². The van der Waals surface area contributed by atoms with Gasteiger partial charge in [-0.1, -0.05) is 6.92 Å². The molecule has 4 unspecified atom stereocenters. The maximum absolute atomic E-state index is 5.63. The van der Waals surface area contributed by atoms with Gasteiger partial charge in [0.25, 0.3) is 0 Å². The van der Waals surface area contributed by atoms with Gasteiger partial charge in [-0.3, -0.25) is 0 Å². The SMILES string of the molecule is CNC(C(C)CCOC)C1CCOC1C. The number of hydrogen-bond donors (Lipinski definition) is 1. The fourth-order valence-electron chi connectivity index (χ4n) is 2.62. The van der Waals surface area contributed by atoms with Crippen LogP contribution in [0.3, 0.4) is 0 Å². The van der Waals surface area contributed by atoms with Crippen molar-refractivity contribution in [2.75, 3.05) is 27.4 Å². The summed E-state index contributed by atoms with van der Waals surface area (Å²) in [4.78, 5) is 0. The summed E-state index contributed by atoms with van der Waals surface area (Å²) in [6.07, 6.45) is 2.70. The number of hydrogen-bond acceptors (Lipinski definition) is 3. The van der Waals surface area contributed by atoms with E-state index in [9.17, 15) is 0 Å². The van der Waals surface area contributed by atoms with Crippen molar-refractivity contribution >= 4 is 0 Å². The lowest BCUT2D eigenvalue weighted by Crippen LogP contribution is -2.42. The lowest BCUT2D eigenvalue weighted by atomic mass is 9.84. The van der Waals surface area contributed by atoms with Crippen molar-refractivity contribution in [2.45, 2.75) is 38.8 Å². The summed E-state index contributed by atoms with van der Waals surface area (Å²) in [7, 11) is 3.82. The van der Waals surface area contributed by atoms with E-state index < -0.39 is 0 Å². The van der Waals surface area contributed by atoms with Crippen LogP contribution in [-0.2, 0) is 9.47 Å². The van der Waals surface area contributed by atoms with E-state index >= 15 is 0 Å². The monoisotopic (exact) mass is 215 g/mol. The van der Waals surface area contributed by atoms with Crippen LogP contribution in [0.25, 0.3) is 0 Å². The molecule has 1 heterocycles. The quantitative estimate of drug-likeness (QED) is 0.731. The number of nitrogens with one attached hydrogen (secondary N) is 1. The van der Waals surface area contributed by atoms with Crippen molar-refractivity contribution in [2.24, 2.45) is 11.8 Å². The third kappa shape index (κ3) is 3.44. The molecule has 0 amide bonds. The smallest absolute Gasteiger partial charge is 0.0590 e. The van der Waals surface area contributed by atoms with Crippen molar-refractivity contribution in [3.63, 3.8) is 0 Å². The summed E-state index contributed by atoms with van der Waals surface area (Å²) in [5.74, 6) is 1.30. The van der Waals surface area contributed by atoms with Gasteiger partial charge in [-0.15, -0.1) is 0 Å². The first-order chi connectivity index (χ1) is 7.20. The highest BCUT2D eigenvalue weighted by Gasteiger charge is 2.33. The Balaban J connectivity index is 2.46. The Morgan fingerprint density at radius 3 is 2.73 bits per heavy atom. The van der Waals surface area contributed by atoms with Gasteiger partial charge in [-0.25, -0.2) is 0 Å². The Kier molecular flexibility index (Phi) is 5.58. The van der Waals surface area contributed by atoms with Crippen LogP contribution in [0.4, 0.5) is 0 Å². The summed E-state index contributed by atoms with van der Waals surface area (Å²) < 4.78 is 10.8. The maximum atomic E-state index is 5.63. The molecule has 0 saturated carbocycles. The molecule has 15 heavy (non-hydrogen) atoms. The molecule has 0 spiro atoms. The van der Waals surface area contributed by atoms with Gasteiger partial charge in [0.05, 0.1) is 6.10 Å². The molecule has 1 aliphatic rings. The van der Waals surface area contributed by atoms with Gasteiger partial charge in [0.2, 0.25) is 0 Å². The Morgan fingerprint density at radius 1 is 1.53 bits per heavy atom. The van der Waals surface area contributed by atoms with Gasteiger partial charge in [0, 0.05) is 32.3 Å². The average molecular weight is 215 g/mol. The second kappa shape index (κ2) is 6.46. The first-order valence-electron chi connectivity index (χ1n) is 5.98. The topological polar surface area (TPSA) is 30.5 Å². The molecule has 1 saturated heterocycles. The molecule has 0 aromatic carbocycles. The lowest BCUT2D eigenvalue weighted by molar-refractivity contribution is 0.0840. The molecule has 4 atom stereocenters. The molecule has 0 aromatic heterocycles.